The zero-order chi connectivity index (χ0) is 15.5. The third-order valence-electron chi connectivity index (χ3n) is 3.48. The Balaban J connectivity index is 1.69. The lowest BCUT2D eigenvalue weighted by Gasteiger charge is -2.38. The zero-order valence-corrected chi connectivity index (χ0v) is 13.2. The molecule has 1 heterocycles. The maximum atomic E-state index is 11.6. The summed E-state index contributed by atoms with van der Waals surface area (Å²) < 4.78 is 5.25. The van der Waals surface area contributed by atoms with Gasteiger partial charge in [0.2, 0.25) is 0 Å². The van der Waals surface area contributed by atoms with Gasteiger partial charge in [-0.15, -0.1) is 0 Å². The van der Waals surface area contributed by atoms with E-state index in [4.69, 9.17) is 4.74 Å². The van der Waals surface area contributed by atoms with Gasteiger partial charge in [0, 0.05) is 24.3 Å². The molecule has 0 spiro atoms. The smallest absolute Gasteiger partial charge is 0.407 e. The van der Waals surface area contributed by atoms with Crippen LogP contribution in [0.5, 0.6) is 0 Å². The lowest BCUT2D eigenvalue weighted by molar-refractivity contribution is 0.0463. The standard InChI is InChI=1S/C16H25N3O2/c1-11(14-7-5-6-8-17-14)18-12-9-13(10-12)19-15(20)21-16(2,3)4/h5-8,11-13,18H,9-10H2,1-4H3,(H,19,20)/t11-,12?,13?/m0/s1. The highest BCUT2D eigenvalue weighted by molar-refractivity contribution is 5.68. The van der Waals surface area contributed by atoms with E-state index in [1.54, 1.807) is 6.20 Å². The number of nitrogens with zero attached hydrogens (tertiary/aromatic N) is 1. The first-order valence-corrected chi connectivity index (χ1v) is 7.50. The lowest BCUT2D eigenvalue weighted by atomic mass is 9.86. The Morgan fingerprint density at radius 1 is 1.33 bits per heavy atom. The average Bonchev–Trinajstić information content (AvgIpc) is 2.35. The van der Waals surface area contributed by atoms with E-state index in [0.717, 1.165) is 18.5 Å². The number of rotatable bonds is 4. The Kier molecular flexibility index (Phi) is 4.83. The lowest BCUT2D eigenvalue weighted by Crippen LogP contribution is -2.53. The minimum Gasteiger partial charge on any atom is -0.444 e. The van der Waals surface area contributed by atoms with Gasteiger partial charge in [0.05, 0.1) is 5.69 Å². The summed E-state index contributed by atoms with van der Waals surface area (Å²) in [5.74, 6) is 0. The van der Waals surface area contributed by atoms with Crippen molar-refractivity contribution in [2.24, 2.45) is 0 Å². The number of pyridine rings is 1. The summed E-state index contributed by atoms with van der Waals surface area (Å²) in [5, 5.41) is 6.43. The van der Waals surface area contributed by atoms with Crippen molar-refractivity contribution in [3.8, 4) is 0 Å². The van der Waals surface area contributed by atoms with Gasteiger partial charge in [0.1, 0.15) is 5.60 Å². The van der Waals surface area contributed by atoms with Crippen LogP contribution in [0.2, 0.25) is 0 Å². The van der Waals surface area contributed by atoms with E-state index in [1.807, 2.05) is 39.0 Å². The van der Waals surface area contributed by atoms with Gasteiger partial charge in [0.15, 0.2) is 0 Å². The molecule has 1 aliphatic rings. The monoisotopic (exact) mass is 291 g/mol. The molecule has 0 bridgehead atoms. The van der Waals surface area contributed by atoms with Crippen LogP contribution in [-0.2, 0) is 4.74 Å². The van der Waals surface area contributed by atoms with Crippen molar-refractivity contribution < 1.29 is 9.53 Å². The van der Waals surface area contributed by atoms with Crippen molar-refractivity contribution in [2.75, 3.05) is 0 Å². The molecule has 1 atom stereocenters. The van der Waals surface area contributed by atoms with E-state index in [0.29, 0.717) is 6.04 Å². The summed E-state index contributed by atoms with van der Waals surface area (Å²) in [6.07, 6.45) is 3.33. The van der Waals surface area contributed by atoms with Crippen LogP contribution in [0.3, 0.4) is 0 Å². The van der Waals surface area contributed by atoms with Gasteiger partial charge in [0.25, 0.3) is 0 Å². The molecule has 21 heavy (non-hydrogen) atoms. The molecule has 0 unspecified atom stereocenters. The van der Waals surface area contributed by atoms with Crippen LogP contribution in [0.4, 0.5) is 4.79 Å². The number of alkyl carbamates (subject to hydrolysis) is 1. The number of hydrogen-bond donors (Lipinski definition) is 2. The molecular weight excluding hydrogens is 266 g/mol. The fourth-order valence-corrected chi connectivity index (χ4v) is 2.42. The van der Waals surface area contributed by atoms with Gasteiger partial charge >= 0.3 is 6.09 Å². The van der Waals surface area contributed by atoms with Gasteiger partial charge < -0.3 is 15.4 Å². The van der Waals surface area contributed by atoms with E-state index in [2.05, 4.69) is 22.5 Å². The molecule has 0 radical (unpaired) electrons. The molecule has 0 aromatic carbocycles. The first-order valence-electron chi connectivity index (χ1n) is 7.50. The summed E-state index contributed by atoms with van der Waals surface area (Å²) in [7, 11) is 0. The molecule has 0 aliphatic heterocycles. The maximum absolute atomic E-state index is 11.6. The van der Waals surface area contributed by atoms with Crippen LogP contribution in [-0.4, -0.2) is 28.8 Å². The largest absolute Gasteiger partial charge is 0.444 e. The predicted molar refractivity (Wildman–Crippen MR) is 82.0 cm³/mol. The first-order chi connectivity index (χ1) is 9.83. The second-order valence-electron chi connectivity index (χ2n) is 6.65. The second-order valence-corrected chi connectivity index (χ2v) is 6.65. The second kappa shape index (κ2) is 6.43. The topological polar surface area (TPSA) is 63.2 Å². The third-order valence-corrected chi connectivity index (χ3v) is 3.48. The summed E-state index contributed by atoms with van der Waals surface area (Å²) in [5.41, 5.74) is 0.597. The first kappa shape index (κ1) is 15.8. The van der Waals surface area contributed by atoms with Crippen molar-refractivity contribution >= 4 is 6.09 Å². The van der Waals surface area contributed by atoms with Crippen molar-refractivity contribution in [1.29, 1.82) is 0 Å². The minimum atomic E-state index is -0.445. The Labute approximate surface area is 126 Å². The van der Waals surface area contributed by atoms with Crippen molar-refractivity contribution in [2.45, 2.75) is 64.3 Å². The number of carbonyl (C=O) groups is 1. The van der Waals surface area contributed by atoms with Crippen molar-refractivity contribution in [3.63, 3.8) is 0 Å². The average molecular weight is 291 g/mol. The maximum Gasteiger partial charge on any atom is 0.407 e. The number of hydrogen-bond acceptors (Lipinski definition) is 4. The van der Waals surface area contributed by atoms with Crippen LogP contribution in [0.1, 0.15) is 52.3 Å². The highest BCUT2D eigenvalue weighted by atomic mass is 16.6. The van der Waals surface area contributed by atoms with E-state index >= 15 is 0 Å². The van der Waals surface area contributed by atoms with Gasteiger partial charge in [-0.2, -0.15) is 0 Å². The normalized spacial score (nSPS) is 23.0. The number of nitrogens with one attached hydrogen (secondary N) is 2. The Bertz CT molecular complexity index is 464. The molecule has 0 saturated heterocycles. The number of carbonyl (C=O) groups excluding carboxylic acids is 1. The van der Waals surface area contributed by atoms with Crippen molar-refractivity contribution in [1.82, 2.24) is 15.6 Å². The molecule has 5 heteroatoms. The molecule has 5 nitrogen and oxygen atoms in total. The molecule has 1 saturated carbocycles. The van der Waals surface area contributed by atoms with E-state index in [1.165, 1.54) is 0 Å². The number of ether oxygens (including phenoxy) is 1. The molecule has 1 amide bonds. The van der Waals surface area contributed by atoms with Crippen LogP contribution < -0.4 is 10.6 Å². The van der Waals surface area contributed by atoms with Crippen LogP contribution >= 0.6 is 0 Å². The van der Waals surface area contributed by atoms with Crippen molar-refractivity contribution in [3.05, 3.63) is 30.1 Å². The van der Waals surface area contributed by atoms with Crippen LogP contribution in [0, 0.1) is 0 Å². The fourth-order valence-electron chi connectivity index (χ4n) is 2.42. The Hall–Kier alpha value is -1.62. The van der Waals surface area contributed by atoms with Gasteiger partial charge in [-0.3, -0.25) is 4.98 Å². The SMILES string of the molecule is C[C@H](NC1CC(NC(=O)OC(C)(C)C)C1)c1ccccn1. The minimum absolute atomic E-state index is 0.202. The summed E-state index contributed by atoms with van der Waals surface area (Å²) in [6, 6.07) is 6.77. The van der Waals surface area contributed by atoms with Gasteiger partial charge in [-0.05, 0) is 52.7 Å². The molecule has 116 valence electrons. The highest BCUT2D eigenvalue weighted by Gasteiger charge is 2.32. The molecule has 2 N–H and O–H groups in total. The molecule has 1 fully saturated rings. The van der Waals surface area contributed by atoms with E-state index in [-0.39, 0.29) is 18.2 Å². The molecule has 2 rings (SSSR count). The molecule has 1 aliphatic carbocycles. The van der Waals surface area contributed by atoms with E-state index < -0.39 is 5.60 Å². The predicted octanol–water partition coefficient (Wildman–Crippen LogP) is 2.79. The molecule has 1 aromatic heterocycles. The zero-order valence-electron chi connectivity index (χ0n) is 13.2. The summed E-state index contributed by atoms with van der Waals surface area (Å²) in [6.45, 7) is 7.71. The summed E-state index contributed by atoms with van der Waals surface area (Å²) >= 11 is 0. The quantitative estimate of drug-likeness (QED) is 0.895. The van der Waals surface area contributed by atoms with Gasteiger partial charge in [-0.25, -0.2) is 4.79 Å². The molecular formula is C16H25N3O2. The fraction of sp³-hybridized carbons (Fsp3) is 0.625. The Morgan fingerprint density at radius 2 is 2.05 bits per heavy atom. The Morgan fingerprint density at radius 3 is 2.62 bits per heavy atom. The highest BCUT2D eigenvalue weighted by Crippen LogP contribution is 2.23. The van der Waals surface area contributed by atoms with Crippen LogP contribution in [0.25, 0.3) is 0 Å². The van der Waals surface area contributed by atoms with E-state index in [9.17, 15) is 4.79 Å². The number of amides is 1. The molecule has 1 aromatic rings. The summed E-state index contributed by atoms with van der Waals surface area (Å²) in [4.78, 5) is 16.0. The van der Waals surface area contributed by atoms with Crippen LogP contribution in [0.15, 0.2) is 24.4 Å². The van der Waals surface area contributed by atoms with Gasteiger partial charge in [-0.1, -0.05) is 6.07 Å². The third kappa shape index (κ3) is 5.01. The number of aromatic nitrogens is 1.